The molecule has 1 fully saturated rings. The average molecular weight is 495 g/mol. The lowest BCUT2D eigenvalue weighted by Crippen LogP contribution is -2.44. The molecular weight excluding hydrogens is 471 g/mol. The van der Waals surface area contributed by atoms with Gasteiger partial charge in [0.05, 0.1) is 5.56 Å². The van der Waals surface area contributed by atoms with E-state index in [0.717, 1.165) is 34.4 Å². The molecule has 3 aromatic carbocycles. The first-order valence-electron chi connectivity index (χ1n) is 11.8. The third kappa shape index (κ3) is 4.32. The van der Waals surface area contributed by atoms with E-state index in [0.29, 0.717) is 12.0 Å². The van der Waals surface area contributed by atoms with E-state index in [9.17, 15) is 22.8 Å². The summed E-state index contributed by atoms with van der Waals surface area (Å²) in [6, 6.07) is 19.5. The van der Waals surface area contributed by atoms with Crippen molar-refractivity contribution in [3.05, 3.63) is 95.1 Å². The number of hydrogen-bond donors (Lipinski definition) is 0. The fourth-order valence-electron chi connectivity index (χ4n) is 5.01. The number of ether oxygens (including phenoxy) is 2. The first-order chi connectivity index (χ1) is 17.3. The van der Waals surface area contributed by atoms with Crippen molar-refractivity contribution < 1.29 is 32.2 Å². The molecule has 0 aromatic heterocycles. The fraction of sp³-hybridized carbons (Fsp3) is 0.286. The van der Waals surface area contributed by atoms with Gasteiger partial charge in [0, 0.05) is 18.8 Å². The quantitative estimate of drug-likeness (QED) is 0.398. The zero-order valence-corrected chi connectivity index (χ0v) is 19.5. The number of amides is 1. The van der Waals surface area contributed by atoms with E-state index < -0.39 is 36.1 Å². The van der Waals surface area contributed by atoms with Gasteiger partial charge in [-0.15, -0.1) is 0 Å². The number of nitrogens with zero attached hydrogens (tertiary/aromatic N) is 1. The second-order valence-corrected chi connectivity index (χ2v) is 8.93. The van der Waals surface area contributed by atoms with Crippen molar-refractivity contribution in [1.29, 1.82) is 0 Å². The lowest BCUT2D eigenvalue weighted by Gasteiger charge is -2.26. The summed E-state index contributed by atoms with van der Waals surface area (Å²) in [6.45, 7) is 1.86. The molecule has 0 spiro atoms. The van der Waals surface area contributed by atoms with Crippen LogP contribution in [0.25, 0.3) is 11.1 Å². The molecule has 36 heavy (non-hydrogen) atoms. The largest absolute Gasteiger partial charge is 0.448 e. The van der Waals surface area contributed by atoms with Gasteiger partial charge in [0.25, 0.3) is 0 Å². The van der Waals surface area contributed by atoms with Gasteiger partial charge < -0.3 is 9.47 Å². The molecule has 1 saturated heterocycles. The third-order valence-electron chi connectivity index (χ3n) is 6.78. The first-order valence-corrected chi connectivity index (χ1v) is 11.8. The highest BCUT2D eigenvalue weighted by Crippen LogP contribution is 2.44. The molecule has 1 unspecified atom stereocenters. The summed E-state index contributed by atoms with van der Waals surface area (Å²) < 4.78 is 49.9. The zero-order valence-electron chi connectivity index (χ0n) is 19.5. The molecule has 1 heterocycles. The Morgan fingerprint density at radius 2 is 1.53 bits per heavy atom. The van der Waals surface area contributed by atoms with Gasteiger partial charge in [0.15, 0.2) is 6.23 Å². The van der Waals surface area contributed by atoms with Crippen LogP contribution in [-0.4, -0.2) is 35.8 Å². The molecule has 5 nitrogen and oxygen atoms in total. The zero-order chi connectivity index (χ0) is 25.4. The standard InChI is InChI=1S/C28H24F3NO4/c1-2-25-32(24(26(33)36-25)15-17-11-13-18(14-12-17)28(29,30)31)27(34)35-16-23-21-9-5-3-7-19(21)20-8-4-6-10-22(20)23/h3-14,23-25H,2,15-16H2,1H3/t24-,25?/m0/s1. The van der Waals surface area contributed by atoms with Crippen molar-refractivity contribution in [2.45, 2.75) is 44.1 Å². The number of carbonyl (C=O) groups is 2. The van der Waals surface area contributed by atoms with E-state index in [-0.39, 0.29) is 18.9 Å². The SMILES string of the molecule is CCC1OC(=O)[C@H](Cc2ccc(C(F)(F)F)cc2)N1C(=O)OCC1c2ccccc2-c2ccccc21. The molecule has 8 heteroatoms. The summed E-state index contributed by atoms with van der Waals surface area (Å²) in [6.07, 6.45) is -5.55. The number of hydrogen-bond acceptors (Lipinski definition) is 4. The summed E-state index contributed by atoms with van der Waals surface area (Å²) >= 11 is 0. The van der Waals surface area contributed by atoms with E-state index in [1.807, 2.05) is 48.5 Å². The summed E-state index contributed by atoms with van der Waals surface area (Å²) in [4.78, 5) is 27.1. The number of halogens is 3. The van der Waals surface area contributed by atoms with Gasteiger partial charge in [-0.3, -0.25) is 4.90 Å². The van der Waals surface area contributed by atoms with Gasteiger partial charge in [0.2, 0.25) is 0 Å². The van der Waals surface area contributed by atoms with Crippen LogP contribution in [-0.2, 0) is 26.9 Å². The van der Waals surface area contributed by atoms with Crippen LogP contribution in [0.3, 0.4) is 0 Å². The van der Waals surface area contributed by atoms with Crippen molar-refractivity contribution in [2.24, 2.45) is 0 Å². The van der Waals surface area contributed by atoms with Crippen molar-refractivity contribution in [2.75, 3.05) is 6.61 Å². The molecule has 3 aromatic rings. The number of rotatable bonds is 5. The lowest BCUT2D eigenvalue weighted by atomic mass is 9.98. The van der Waals surface area contributed by atoms with Crippen LogP contribution in [0.5, 0.6) is 0 Å². The fourth-order valence-corrected chi connectivity index (χ4v) is 5.01. The Morgan fingerprint density at radius 1 is 0.944 bits per heavy atom. The lowest BCUT2D eigenvalue weighted by molar-refractivity contribution is -0.142. The Bertz CT molecular complexity index is 1240. The average Bonchev–Trinajstić information content (AvgIpc) is 3.36. The maximum Gasteiger partial charge on any atom is 0.416 e. The second kappa shape index (κ2) is 9.33. The summed E-state index contributed by atoms with van der Waals surface area (Å²) in [5, 5.41) is 0. The van der Waals surface area contributed by atoms with Crippen LogP contribution in [0.15, 0.2) is 72.8 Å². The third-order valence-corrected chi connectivity index (χ3v) is 6.78. The molecule has 0 saturated carbocycles. The van der Waals surface area contributed by atoms with E-state index in [4.69, 9.17) is 9.47 Å². The highest BCUT2D eigenvalue weighted by molar-refractivity contribution is 5.85. The Hall–Kier alpha value is -3.81. The number of benzene rings is 3. The smallest absolute Gasteiger partial charge is 0.416 e. The van der Waals surface area contributed by atoms with Gasteiger partial charge in [-0.05, 0) is 39.9 Å². The number of alkyl halides is 3. The van der Waals surface area contributed by atoms with E-state index in [2.05, 4.69) is 0 Å². The summed E-state index contributed by atoms with van der Waals surface area (Å²) in [7, 11) is 0. The molecular formula is C28H24F3NO4. The maximum atomic E-state index is 13.2. The molecule has 1 aliphatic heterocycles. The predicted octanol–water partition coefficient (Wildman–Crippen LogP) is 6.16. The molecule has 2 aliphatic rings. The molecule has 2 atom stereocenters. The second-order valence-electron chi connectivity index (χ2n) is 8.93. The highest BCUT2D eigenvalue weighted by Gasteiger charge is 2.45. The van der Waals surface area contributed by atoms with Gasteiger partial charge in [-0.1, -0.05) is 67.6 Å². The molecule has 186 valence electrons. The molecule has 1 amide bonds. The number of cyclic esters (lactones) is 1. The minimum absolute atomic E-state index is 0.0255. The topological polar surface area (TPSA) is 55.8 Å². The molecule has 0 N–H and O–H groups in total. The van der Waals surface area contributed by atoms with E-state index in [1.165, 1.54) is 17.0 Å². The maximum absolute atomic E-state index is 13.2. The number of esters is 1. The van der Waals surface area contributed by atoms with Crippen molar-refractivity contribution in [3.8, 4) is 11.1 Å². The van der Waals surface area contributed by atoms with Gasteiger partial charge in [-0.25, -0.2) is 9.59 Å². The van der Waals surface area contributed by atoms with Crippen LogP contribution in [0, 0.1) is 0 Å². The number of carbonyl (C=O) groups excluding carboxylic acids is 2. The Kier molecular flexibility index (Phi) is 6.20. The number of fused-ring (bicyclic) bond motifs is 3. The molecule has 0 bridgehead atoms. The highest BCUT2D eigenvalue weighted by atomic mass is 19.4. The van der Waals surface area contributed by atoms with Crippen LogP contribution in [0.2, 0.25) is 0 Å². The normalized spacial score (nSPS) is 19.1. The summed E-state index contributed by atoms with van der Waals surface area (Å²) in [5.74, 6) is -0.746. The van der Waals surface area contributed by atoms with E-state index >= 15 is 0 Å². The monoisotopic (exact) mass is 495 g/mol. The Morgan fingerprint density at radius 3 is 2.08 bits per heavy atom. The van der Waals surface area contributed by atoms with Crippen molar-refractivity contribution >= 4 is 12.1 Å². The van der Waals surface area contributed by atoms with Crippen LogP contribution in [0.4, 0.5) is 18.0 Å². The van der Waals surface area contributed by atoms with Crippen LogP contribution in [0.1, 0.15) is 41.5 Å². The Labute approximate surface area is 206 Å². The van der Waals surface area contributed by atoms with Crippen LogP contribution < -0.4 is 0 Å². The van der Waals surface area contributed by atoms with E-state index in [1.54, 1.807) is 6.92 Å². The molecule has 1 aliphatic carbocycles. The summed E-state index contributed by atoms with van der Waals surface area (Å²) in [5.41, 5.74) is 4.03. The van der Waals surface area contributed by atoms with Gasteiger partial charge >= 0.3 is 18.2 Å². The minimum atomic E-state index is -4.45. The van der Waals surface area contributed by atoms with Crippen LogP contribution >= 0.6 is 0 Å². The minimum Gasteiger partial charge on any atom is -0.448 e. The van der Waals surface area contributed by atoms with Crippen molar-refractivity contribution in [3.63, 3.8) is 0 Å². The first kappa shape index (κ1) is 23.9. The Balaban J connectivity index is 1.34. The predicted molar refractivity (Wildman–Crippen MR) is 126 cm³/mol. The molecule has 5 rings (SSSR count). The van der Waals surface area contributed by atoms with Gasteiger partial charge in [-0.2, -0.15) is 13.2 Å². The molecule has 0 radical (unpaired) electrons. The van der Waals surface area contributed by atoms with Crippen molar-refractivity contribution in [1.82, 2.24) is 4.90 Å². The van der Waals surface area contributed by atoms with Gasteiger partial charge in [0.1, 0.15) is 12.6 Å².